The predicted molar refractivity (Wildman–Crippen MR) is 84.5 cm³/mol. The van der Waals surface area contributed by atoms with Gasteiger partial charge in [0, 0.05) is 5.92 Å². The lowest BCUT2D eigenvalue weighted by molar-refractivity contribution is 0.414. The van der Waals surface area contributed by atoms with Crippen LogP contribution in [0, 0.1) is 12.7 Å². The number of hydrogen-bond acceptors (Lipinski definition) is 2. The van der Waals surface area contributed by atoms with Crippen molar-refractivity contribution >= 4 is 0 Å². The Labute approximate surface area is 126 Å². The van der Waals surface area contributed by atoms with Crippen LogP contribution < -0.4 is 10.1 Å². The summed E-state index contributed by atoms with van der Waals surface area (Å²) < 4.78 is 18.8. The molecule has 0 aliphatic heterocycles. The number of rotatable bonds is 6. The molecule has 3 heteroatoms. The van der Waals surface area contributed by atoms with Gasteiger partial charge in [-0.15, -0.1) is 0 Å². The zero-order valence-electron chi connectivity index (χ0n) is 12.8. The van der Waals surface area contributed by atoms with Crippen molar-refractivity contribution in [1.29, 1.82) is 0 Å². The molecule has 0 fully saturated rings. The molecule has 1 atom stereocenters. The molecule has 0 bridgehead atoms. The number of halogens is 1. The zero-order chi connectivity index (χ0) is 15.2. The summed E-state index contributed by atoms with van der Waals surface area (Å²) in [4.78, 5) is 0. The average molecular weight is 287 g/mol. The Hall–Kier alpha value is -1.87. The molecule has 2 rings (SSSR count). The first kappa shape index (κ1) is 15.5. The van der Waals surface area contributed by atoms with E-state index in [9.17, 15) is 4.39 Å². The molecule has 2 nitrogen and oxygen atoms in total. The zero-order valence-corrected chi connectivity index (χ0v) is 12.8. The second kappa shape index (κ2) is 7.23. The summed E-state index contributed by atoms with van der Waals surface area (Å²) in [6, 6.07) is 13.5. The summed E-state index contributed by atoms with van der Waals surface area (Å²) in [6.07, 6.45) is 0.953. The number of benzene rings is 2. The lowest BCUT2D eigenvalue weighted by atomic mass is 9.87. The summed E-state index contributed by atoms with van der Waals surface area (Å²) in [5, 5.41) is 3.19. The van der Waals surface area contributed by atoms with Crippen LogP contribution in [-0.2, 0) is 0 Å². The molecule has 1 N–H and O–H groups in total. The molecular weight excluding hydrogens is 265 g/mol. The van der Waals surface area contributed by atoms with Gasteiger partial charge in [0.1, 0.15) is 11.6 Å². The van der Waals surface area contributed by atoms with Crippen LogP contribution in [0.5, 0.6) is 5.75 Å². The minimum absolute atomic E-state index is 0.156. The van der Waals surface area contributed by atoms with Gasteiger partial charge >= 0.3 is 0 Å². The third kappa shape index (κ3) is 3.82. The third-order valence-electron chi connectivity index (χ3n) is 3.76. The first-order chi connectivity index (χ1) is 10.2. The second-order valence-electron chi connectivity index (χ2n) is 5.23. The highest BCUT2D eigenvalue weighted by atomic mass is 19.1. The fourth-order valence-corrected chi connectivity index (χ4v) is 2.56. The van der Waals surface area contributed by atoms with Crippen molar-refractivity contribution in [3.63, 3.8) is 0 Å². The topological polar surface area (TPSA) is 21.3 Å². The van der Waals surface area contributed by atoms with Crippen molar-refractivity contribution in [2.75, 3.05) is 20.7 Å². The number of ether oxygens (including phenoxy) is 1. The molecule has 1 unspecified atom stereocenters. The van der Waals surface area contributed by atoms with Crippen LogP contribution in [0.15, 0.2) is 42.5 Å². The average Bonchev–Trinajstić information content (AvgIpc) is 2.51. The molecule has 0 amide bonds. The smallest absolute Gasteiger partial charge is 0.126 e. The summed E-state index contributed by atoms with van der Waals surface area (Å²) in [5.41, 5.74) is 3.01. The Morgan fingerprint density at radius 3 is 2.57 bits per heavy atom. The normalized spacial score (nSPS) is 12.2. The van der Waals surface area contributed by atoms with E-state index in [-0.39, 0.29) is 11.7 Å². The molecule has 112 valence electrons. The van der Waals surface area contributed by atoms with Crippen molar-refractivity contribution in [3.8, 4) is 5.75 Å². The Morgan fingerprint density at radius 1 is 1.14 bits per heavy atom. The maximum Gasteiger partial charge on any atom is 0.126 e. The molecule has 2 aromatic carbocycles. The molecule has 21 heavy (non-hydrogen) atoms. The molecule has 0 aliphatic carbocycles. The molecule has 0 spiro atoms. The maximum atomic E-state index is 13.5. The highest BCUT2D eigenvalue weighted by molar-refractivity contribution is 5.38. The Kier molecular flexibility index (Phi) is 5.34. The van der Waals surface area contributed by atoms with Gasteiger partial charge in [0.15, 0.2) is 0 Å². The van der Waals surface area contributed by atoms with Gasteiger partial charge in [-0.25, -0.2) is 4.39 Å². The minimum Gasteiger partial charge on any atom is -0.497 e. The summed E-state index contributed by atoms with van der Waals surface area (Å²) in [6.45, 7) is 2.71. The van der Waals surface area contributed by atoms with E-state index >= 15 is 0 Å². The van der Waals surface area contributed by atoms with Gasteiger partial charge in [0.05, 0.1) is 7.11 Å². The van der Waals surface area contributed by atoms with E-state index < -0.39 is 0 Å². The Morgan fingerprint density at radius 2 is 1.90 bits per heavy atom. The Balaban J connectivity index is 2.38. The monoisotopic (exact) mass is 287 g/mol. The van der Waals surface area contributed by atoms with Crippen LogP contribution in [0.2, 0.25) is 0 Å². The lowest BCUT2D eigenvalue weighted by Crippen LogP contribution is -2.13. The van der Waals surface area contributed by atoms with E-state index in [4.69, 9.17) is 4.74 Å². The second-order valence-corrected chi connectivity index (χ2v) is 5.23. The van der Waals surface area contributed by atoms with Gasteiger partial charge in [0.25, 0.3) is 0 Å². The van der Waals surface area contributed by atoms with Crippen molar-refractivity contribution in [1.82, 2.24) is 5.32 Å². The number of methoxy groups -OCH3 is 1. The largest absolute Gasteiger partial charge is 0.497 e. The highest BCUT2D eigenvalue weighted by Gasteiger charge is 2.15. The van der Waals surface area contributed by atoms with Crippen LogP contribution in [0.1, 0.15) is 29.0 Å². The van der Waals surface area contributed by atoms with E-state index in [2.05, 4.69) is 17.4 Å². The predicted octanol–water partition coefficient (Wildman–Crippen LogP) is 3.88. The van der Waals surface area contributed by atoms with Crippen LogP contribution in [0.25, 0.3) is 0 Å². The Bertz CT molecular complexity index is 598. The van der Waals surface area contributed by atoms with Crippen LogP contribution in [-0.4, -0.2) is 20.7 Å². The van der Waals surface area contributed by atoms with E-state index in [0.29, 0.717) is 5.56 Å². The van der Waals surface area contributed by atoms with E-state index in [1.807, 2.05) is 31.3 Å². The highest BCUT2D eigenvalue weighted by Crippen LogP contribution is 2.30. The fourth-order valence-electron chi connectivity index (χ4n) is 2.56. The molecule has 0 aliphatic rings. The van der Waals surface area contributed by atoms with Crippen molar-refractivity contribution < 1.29 is 9.13 Å². The molecule has 0 radical (unpaired) electrons. The van der Waals surface area contributed by atoms with Crippen LogP contribution in [0.4, 0.5) is 4.39 Å². The number of aryl methyl sites for hydroxylation is 1. The quantitative estimate of drug-likeness (QED) is 0.870. The van der Waals surface area contributed by atoms with E-state index in [1.54, 1.807) is 20.1 Å². The van der Waals surface area contributed by atoms with Crippen molar-refractivity contribution in [3.05, 3.63) is 65.0 Å². The van der Waals surface area contributed by atoms with Crippen molar-refractivity contribution in [2.24, 2.45) is 0 Å². The molecular formula is C18H22FNO. The third-order valence-corrected chi connectivity index (χ3v) is 3.76. The van der Waals surface area contributed by atoms with Gasteiger partial charge < -0.3 is 10.1 Å². The summed E-state index contributed by atoms with van der Waals surface area (Å²) in [5.74, 6) is 0.921. The van der Waals surface area contributed by atoms with Gasteiger partial charge in [-0.05, 0) is 61.8 Å². The minimum atomic E-state index is -0.156. The number of hydrogen-bond donors (Lipinski definition) is 1. The van der Waals surface area contributed by atoms with Gasteiger partial charge in [-0.3, -0.25) is 0 Å². The summed E-state index contributed by atoms with van der Waals surface area (Å²) >= 11 is 0. The fraction of sp³-hybridized carbons (Fsp3) is 0.333. The molecule has 0 heterocycles. The maximum absolute atomic E-state index is 13.5. The first-order valence-electron chi connectivity index (χ1n) is 7.20. The lowest BCUT2D eigenvalue weighted by Gasteiger charge is -2.19. The molecule has 0 saturated carbocycles. The standard InChI is InChI=1S/C18H22FNO/c1-13-11-15(7-8-18(13)19)17(9-10-20-2)14-5-4-6-16(12-14)21-3/h4-8,11-12,17,20H,9-10H2,1-3H3. The molecule has 0 aromatic heterocycles. The van der Waals surface area contributed by atoms with Crippen LogP contribution >= 0.6 is 0 Å². The first-order valence-corrected chi connectivity index (χ1v) is 7.20. The van der Waals surface area contributed by atoms with E-state index in [1.165, 1.54) is 5.56 Å². The molecule has 2 aromatic rings. The summed E-state index contributed by atoms with van der Waals surface area (Å²) in [7, 11) is 3.61. The van der Waals surface area contributed by atoms with Gasteiger partial charge in [-0.2, -0.15) is 0 Å². The van der Waals surface area contributed by atoms with Crippen LogP contribution in [0.3, 0.4) is 0 Å². The molecule has 0 saturated heterocycles. The van der Waals surface area contributed by atoms with Crippen molar-refractivity contribution in [2.45, 2.75) is 19.3 Å². The number of nitrogens with one attached hydrogen (secondary N) is 1. The van der Waals surface area contributed by atoms with E-state index in [0.717, 1.165) is 24.3 Å². The van der Waals surface area contributed by atoms with Gasteiger partial charge in [0.2, 0.25) is 0 Å². The van der Waals surface area contributed by atoms with Gasteiger partial charge in [-0.1, -0.05) is 24.3 Å². The SMILES string of the molecule is CNCCC(c1cccc(OC)c1)c1ccc(F)c(C)c1.